The molecule has 0 radical (unpaired) electrons. The number of hydrogen-bond donors (Lipinski definition) is 6. The van der Waals surface area contributed by atoms with Gasteiger partial charge in [-0.15, -0.1) is 0 Å². The van der Waals surface area contributed by atoms with E-state index in [0.717, 1.165) is 5.69 Å². The first-order valence-electron chi connectivity index (χ1n) is 11.0. The Morgan fingerprint density at radius 1 is 1.26 bits per heavy atom. The molecule has 0 fully saturated rings. The zero-order valence-corrected chi connectivity index (χ0v) is 19.7. The standard InChI is InChI=1S/C22H29N7O6/c1-23-22-26-18-17(20(33)27-22)29(3)14(10-24-18)11-28(2)13-6-4-12(5-7-13)19(32)25-15(21(34)35)8-9-16(30)31/h4-7,14-15H,8-11H2,1-3H3,(H,25,32)(H,30,31)(H,34,35)(H3,23,24,26,27,33). The van der Waals surface area contributed by atoms with Crippen LogP contribution in [-0.4, -0.2) is 84.3 Å². The third kappa shape index (κ3) is 5.99. The number of carboxylic acids is 2. The molecular weight excluding hydrogens is 458 g/mol. The number of rotatable bonds is 10. The molecule has 1 aliphatic rings. The van der Waals surface area contributed by atoms with Gasteiger partial charge in [-0.05, 0) is 30.7 Å². The number of anilines is 4. The molecule has 0 saturated carbocycles. The molecule has 0 bridgehead atoms. The number of H-pyrrole nitrogens is 1. The number of likely N-dealkylation sites (N-methyl/N-ethyl adjacent to an activating group) is 2. The van der Waals surface area contributed by atoms with Gasteiger partial charge >= 0.3 is 11.9 Å². The highest BCUT2D eigenvalue weighted by molar-refractivity contribution is 5.97. The Kier molecular flexibility index (Phi) is 7.79. The van der Waals surface area contributed by atoms with Gasteiger partial charge in [0.15, 0.2) is 5.82 Å². The number of aliphatic carboxylic acids is 2. The van der Waals surface area contributed by atoms with Crippen LogP contribution in [0.2, 0.25) is 0 Å². The van der Waals surface area contributed by atoms with Gasteiger partial charge in [0.2, 0.25) is 5.95 Å². The summed E-state index contributed by atoms with van der Waals surface area (Å²) in [6.45, 7) is 1.14. The fourth-order valence-corrected chi connectivity index (χ4v) is 3.81. The first-order chi connectivity index (χ1) is 16.6. The molecule has 35 heavy (non-hydrogen) atoms. The predicted octanol–water partition coefficient (Wildman–Crippen LogP) is 0.226. The summed E-state index contributed by atoms with van der Waals surface area (Å²) in [7, 11) is 5.40. The van der Waals surface area contributed by atoms with Gasteiger partial charge in [0.25, 0.3) is 11.5 Å². The van der Waals surface area contributed by atoms with E-state index in [4.69, 9.17) is 5.11 Å². The van der Waals surface area contributed by atoms with Crippen molar-refractivity contribution < 1.29 is 24.6 Å². The molecule has 0 saturated heterocycles. The lowest BCUT2D eigenvalue weighted by Gasteiger charge is -2.37. The first kappa shape index (κ1) is 25.3. The lowest BCUT2D eigenvalue weighted by molar-refractivity contribution is -0.140. The summed E-state index contributed by atoms with van der Waals surface area (Å²) in [5.74, 6) is -2.14. The summed E-state index contributed by atoms with van der Waals surface area (Å²) in [4.78, 5) is 57.9. The van der Waals surface area contributed by atoms with Crippen molar-refractivity contribution in [2.45, 2.75) is 24.9 Å². The Hall–Kier alpha value is -4.29. The van der Waals surface area contributed by atoms with E-state index in [-0.39, 0.29) is 30.0 Å². The molecule has 1 amide bonds. The highest BCUT2D eigenvalue weighted by Gasteiger charge is 2.28. The first-order valence-corrected chi connectivity index (χ1v) is 11.0. The summed E-state index contributed by atoms with van der Waals surface area (Å²) in [5, 5.41) is 26.4. The highest BCUT2D eigenvalue weighted by Crippen LogP contribution is 2.26. The van der Waals surface area contributed by atoms with E-state index in [2.05, 4.69) is 25.9 Å². The van der Waals surface area contributed by atoms with Gasteiger partial charge in [0.05, 0.1) is 6.04 Å². The van der Waals surface area contributed by atoms with E-state index in [1.54, 1.807) is 31.3 Å². The number of hydrogen-bond acceptors (Lipinski definition) is 9. The minimum absolute atomic E-state index is 0.0376. The maximum Gasteiger partial charge on any atom is 0.326 e. The van der Waals surface area contributed by atoms with E-state index in [0.29, 0.717) is 30.5 Å². The molecular formula is C22H29N7O6. The van der Waals surface area contributed by atoms with Crippen LogP contribution in [0.1, 0.15) is 23.2 Å². The van der Waals surface area contributed by atoms with E-state index >= 15 is 0 Å². The monoisotopic (exact) mass is 487 g/mol. The molecule has 13 heteroatoms. The third-order valence-corrected chi connectivity index (χ3v) is 5.84. The van der Waals surface area contributed by atoms with Gasteiger partial charge in [0, 0.05) is 51.9 Å². The number of nitrogens with zero attached hydrogens (tertiary/aromatic N) is 3. The fraction of sp³-hybridized carbons (Fsp3) is 0.409. The minimum Gasteiger partial charge on any atom is -0.481 e. The van der Waals surface area contributed by atoms with Crippen molar-refractivity contribution in [3.8, 4) is 0 Å². The Labute approximate surface area is 201 Å². The average molecular weight is 488 g/mol. The van der Waals surface area contributed by atoms with Crippen molar-refractivity contribution in [1.82, 2.24) is 15.3 Å². The van der Waals surface area contributed by atoms with Crippen LogP contribution < -0.4 is 31.3 Å². The topological polar surface area (TPSA) is 180 Å². The van der Waals surface area contributed by atoms with E-state index in [1.807, 2.05) is 23.9 Å². The second-order valence-corrected chi connectivity index (χ2v) is 8.23. The van der Waals surface area contributed by atoms with Crippen LogP contribution in [0.15, 0.2) is 29.1 Å². The van der Waals surface area contributed by atoms with Crippen LogP contribution in [0.3, 0.4) is 0 Å². The van der Waals surface area contributed by atoms with Gasteiger partial charge in [-0.1, -0.05) is 0 Å². The van der Waals surface area contributed by atoms with Gasteiger partial charge in [-0.25, -0.2) is 4.79 Å². The lowest BCUT2D eigenvalue weighted by atomic mass is 10.1. The van der Waals surface area contributed by atoms with Crippen molar-refractivity contribution in [2.75, 3.05) is 54.7 Å². The van der Waals surface area contributed by atoms with Gasteiger partial charge in [-0.3, -0.25) is 19.4 Å². The molecule has 6 N–H and O–H groups in total. The SMILES string of the molecule is CNc1nc2c(c(=O)[nH]1)N(C)C(CN(C)c1ccc(C(=O)NC(CCC(=O)O)C(=O)O)cc1)CN2. The van der Waals surface area contributed by atoms with Crippen LogP contribution in [0.25, 0.3) is 0 Å². The second kappa shape index (κ2) is 10.8. The zero-order chi connectivity index (χ0) is 25.7. The summed E-state index contributed by atoms with van der Waals surface area (Å²) < 4.78 is 0. The normalized spacial score (nSPS) is 15.4. The second-order valence-electron chi connectivity index (χ2n) is 8.23. The molecule has 1 aromatic carbocycles. The predicted molar refractivity (Wildman–Crippen MR) is 131 cm³/mol. The molecule has 2 atom stereocenters. The van der Waals surface area contributed by atoms with E-state index in [1.165, 1.54) is 0 Å². The maximum atomic E-state index is 12.5. The number of carbonyl (C=O) groups is 3. The van der Waals surface area contributed by atoms with Crippen LogP contribution in [0.5, 0.6) is 0 Å². The molecule has 188 valence electrons. The van der Waals surface area contributed by atoms with Crippen molar-refractivity contribution >= 4 is 41.0 Å². The Morgan fingerprint density at radius 3 is 2.54 bits per heavy atom. The Morgan fingerprint density at radius 2 is 1.94 bits per heavy atom. The van der Waals surface area contributed by atoms with Crippen molar-refractivity contribution in [1.29, 1.82) is 0 Å². The van der Waals surface area contributed by atoms with Crippen molar-refractivity contribution in [3.63, 3.8) is 0 Å². The molecule has 2 unspecified atom stereocenters. The number of fused-ring (bicyclic) bond motifs is 1. The van der Waals surface area contributed by atoms with Gasteiger partial charge < -0.3 is 36.0 Å². The summed E-state index contributed by atoms with van der Waals surface area (Å²) in [6, 6.07) is 5.29. The number of aromatic amines is 1. The molecule has 0 spiro atoms. The molecule has 0 aliphatic carbocycles. The van der Waals surface area contributed by atoms with Crippen LogP contribution in [-0.2, 0) is 9.59 Å². The van der Waals surface area contributed by atoms with E-state index in [9.17, 15) is 24.3 Å². The summed E-state index contributed by atoms with van der Waals surface area (Å²) >= 11 is 0. The number of amides is 1. The molecule has 2 heterocycles. The number of carbonyl (C=O) groups excluding carboxylic acids is 1. The molecule has 2 aromatic rings. The Bertz CT molecular complexity index is 1150. The molecule has 3 rings (SSSR count). The van der Waals surface area contributed by atoms with Crippen LogP contribution in [0.4, 0.5) is 23.1 Å². The largest absolute Gasteiger partial charge is 0.481 e. The van der Waals surface area contributed by atoms with Gasteiger partial charge in [-0.2, -0.15) is 4.98 Å². The summed E-state index contributed by atoms with van der Waals surface area (Å²) in [6.07, 6.45) is -0.577. The minimum atomic E-state index is -1.29. The van der Waals surface area contributed by atoms with Crippen LogP contribution >= 0.6 is 0 Å². The van der Waals surface area contributed by atoms with Crippen molar-refractivity contribution in [2.24, 2.45) is 0 Å². The molecule has 1 aliphatic heterocycles. The Balaban J connectivity index is 1.64. The van der Waals surface area contributed by atoms with E-state index < -0.39 is 23.9 Å². The number of carboxylic acid groups (broad SMARTS) is 2. The number of aromatic nitrogens is 2. The zero-order valence-electron chi connectivity index (χ0n) is 19.7. The molecule has 13 nitrogen and oxygen atoms in total. The van der Waals surface area contributed by atoms with Gasteiger partial charge in [0.1, 0.15) is 11.7 Å². The number of benzene rings is 1. The highest BCUT2D eigenvalue weighted by atomic mass is 16.4. The summed E-state index contributed by atoms with van der Waals surface area (Å²) in [5.41, 5.74) is 1.28. The maximum absolute atomic E-state index is 12.5. The van der Waals surface area contributed by atoms with Crippen LogP contribution in [0, 0.1) is 0 Å². The third-order valence-electron chi connectivity index (χ3n) is 5.84. The smallest absolute Gasteiger partial charge is 0.326 e. The quantitative estimate of drug-likeness (QED) is 0.270. The lowest BCUT2D eigenvalue weighted by Crippen LogP contribution is -2.50. The van der Waals surface area contributed by atoms with Crippen molar-refractivity contribution in [3.05, 3.63) is 40.2 Å². The molecule has 1 aromatic heterocycles. The fourth-order valence-electron chi connectivity index (χ4n) is 3.81. The number of nitrogens with one attached hydrogen (secondary N) is 4. The average Bonchev–Trinajstić information content (AvgIpc) is 2.82.